The van der Waals surface area contributed by atoms with E-state index in [1.54, 1.807) is 26.0 Å². The van der Waals surface area contributed by atoms with Gasteiger partial charge in [0.05, 0.1) is 5.69 Å². The molecule has 5 nitrogen and oxygen atoms in total. The normalized spacial score (nSPS) is 10.7. The average Bonchev–Trinajstić information content (AvgIpc) is 2.55. The van der Waals surface area contributed by atoms with E-state index in [1.165, 1.54) is 24.3 Å². The smallest absolute Gasteiger partial charge is 0.270 e. The van der Waals surface area contributed by atoms with Gasteiger partial charge in [-0.2, -0.15) is 0 Å². The summed E-state index contributed by atoms with van der Waals surface area (Å²) in [5.74, 6) is 0.733. The largest absolute Gasteiger partial charge is 0.508 e. The van der Waals surface area contributed by atoms with Gasteiger partial charge in [0, 0.05) is 5.56 Å². The van der Waals surface area contributed by atoms with E-state index >= 15 is 0 Å². The van der Waals surface area contributed by atoms with E-state index < -0.39 is 11.4 Å². The highest BCUT2D eigenvalue weighted by molar-refractivity contribution is 6.32. The first-order valence-corrected chi connectivity index (χ1v) is 7.77. The first-order chi connectivity index (χ1) is 11.8. The van der Waals surface area contributed by atoms with Crippen LogP contribution in [0.25, 0.3) is 11.3 Å². The van der Waals surface area contributed by atoms with Crippen LogP contribution in [0.4, 0.5) is 4.39 Å². The van der Waals surface area contributed by atoms with E-state index in [1.807, 2.05) is 0 Å². The number of hydrogen-bond donors (Lipinski definition) is 2. The quantitative estimate of drug-likeness (QED) is 0.728. The highest BCUT2D eigenvalue weighted by Crippen LogP contribution is 2.34. The van der Waals surface area contributed by atoms with Gasteiger partial charge >= 0.3 is 0 Å². The van der Waals surface area contributed by atoms with Crippen LogP contribution in [-0.4, -0.2) is 15.1 Å². The molecule has 2 N–H and O–H groups in total. The van der Waals surface area contributed by atoms with Crippen molar-refractivity contribution in [3.63, 3.8) is 0 Å². The third-order valence-corrected chi connectivity index (χ3v) is 3.92. The van der Waals surface area contributed by atoms with Crippen LogP contribution in [-0.2, 0) is 0 Å². The lowest BCUT2D eigenvalue weighted by Crippen LogP contribution is -2.12. The maximum absolute atomic E-state index is 14.5. The lowest BCUT2D eigenvalue weighted by Gasteiger charge is -2.12. The molecule has 3 aromatic rings. The molecule has 1 aromatic heterocycles. The van der Waals surface area contributed by atoms with Gasteiger partial charge in [0.1, 0.15) is 33.9 Å². The summed E-state index contributed by atoms with van der Waals surface area (Å²) < 4.78 is 20.2. The molecule has 0 saturated carbocycles. The van der Waals surface area contributed by atoms with Crippen LogP contribution in [0, 0.1) is 19.7 Å². The predicted molar refractivity (Wildman–Crippen MR) is 92.9 cm³/mol. The molecule has 0 fully saturated rings. The van der Waals surface area contributed by atoms with E-state index in [-0.39, 0.29) is 22.0 Å². The Bertz CT molecular complexity index is 1000. The predicted octanol–water partition coefficient (Wildman–Crippen LogP) is 4.34. The molecule has 0 atom stereocenters. The van der Waals surface area contributed by atoms with Crippen molar-refractivity contribution >= 4 is 11.6 Å². The molecule has 7 heteroatoms. The summed E-state index contributed by atoms with van der Waals surface area (Å²) in [7, 11) is 0. The molecule has 0 radical (unpaired) electrons. The summed E-state index contributed by atoms with van der Waals surface area (Å²) >= 11 is 6.00. The van der Waals surface area contributed by atoms with Gasteiger partial charge in [0.15, 0.2) is 0 Å². The van der Waals surface area contributed by atoms with Crippen molar-refractivity contribution < 1.29 is 14.2 Å². The Morgan fingerprint density at radius 2 is 1.88 bits per heavy atom. The summed E-state index contributed by atoms with van der Waals surface area (Å²) in [5, 5.41) is 9.14. The van der Waals surface area contributed by atoms with Gasteiger partial charge in [-0.1, -0.05) is 11.6 Å². The van der Waals surface area contributed by atoms with E-state index in [4.69, 9.17) is 16.3 Å². The second-order valence-corrected chi connectivity index (χ2v) is 5.89. The molecule has 1 heterocycles. The van der Waals surface area contributed by atoms with Crippen LogP contribution in [0.3, 0.4) is 0 Å². The molecule has 0 spiro atoms. The molecule has 25 heavy (non-hydrogen) atoms. The van der Waals surface area contributed by atoms with Crippen molar-refractivity contribution in [3.05, 3.63) is 69.0 Å². The number of ether oxygens (including phenoxy) is 1. The lowest BCUT2D eigenvalue weighted by atomic mass is 10.1. The molecule has 128 valence electrons. The highest BCUT2D eigenvalue weighted by atomic mass is 35.5. The monoisotopic (exact) mass is 360 g/mol. The maximum Gasteiger partial charge on any atom is 0.270 e. The van der Waals surface area contributed by atoms with Crippen molar-refractivity contribution in [1.82, 2.24) is 9.97 Å². The Morgan fingerprint density at radius 1 is 1.20 bits per heavy atom. The first kappa shape index (κ1) is 17.0. The van der Waals surface area contributed by atoms with Gasteiger partial charge in [0.25, 0.3) is 5.56 Å². The number of hydrogen-bond acceptors (Lipinski definition) is 4. The number of rotatable bonds is 3. The Kier molecular flexibility index (Phi) is 4.46. The van der Waals surface area contributed by atoms with Crippen LogP contribution in [0.2, 0.25) is 5.02 Å². The Hall–Kier alpha value is -2.86. The van der Waals surface area contributed by atoms with Gasteiger partial charge in [-0.25, -0.2) is 9.37 Å². The van der Waals surface area contributed by atoms with E-state index in [9.17, 15) is 14.3 Å². The number of phenols is 1. The summed E-state index contributed by atoms with van der Waals surface area (Å²) in [6, 6.07) is 8.87. The number of aromatic amines is 1. The minimum absolute atomic E-state index is 0.0518. The number of nitrogens with one attached hydrogen (secondary N) is 1. The van der Waals surface area contributed by atoms with Crippen molar-refractivity contribution in [2.75, 3.05) is 0 Å². The lowest BCUT2D eigenvalue weighted by molar-refractivity contribution is 0.462. The Labute approximate surface area is 147 Å². The number of phenolic OH excluding ortho intramolecular Hbond substituents is 1. The molecule has 2 aromatic carbocycles. The van der Waals surface area contributed by atoms with Crippen LogP contribution in [0.5, 0.6) is 17.2 Å². The topological polar surface area (TPSA) is 75.2 Å². The Balaban J connectivity index is 2.10. The molecule has 0 unspecified atom stereocenters. The number of benzene rings is 2. The number of H-pyrrole nitrogens is 1. The average molecular weight is 361 g/mol. The molecule has 0 aliphatic rings. The fourth-order valence-electron chi connectivity index (χ4n) is 2.34. The van der Waals surface area contributed by atoms with Crippen molar-refractivity contribution in [2.45, 2.75) is 13.8 Å². The fraction of sp³-hybridized carbons (Fsp3) is 0.111. The van der Waals surface area contributed by atoms with Crippen LogP contribution in [0.15, 0.2) is 41.2 Å². The van der Waals surface area contributed by atoms with Gasteiger partial charge in [0.2, 0.25) is 0 Å². The number of nitrogens with zero attached hydrogens (tertiary/aromatic N) is 1. The summed E-state index contributed by atoms with van der Waals surface area (Å²) in [6.07, 6.45) is 0. The molecular weight excluding hydrogens is 347 g/mol. The van der Waals surface area contributed by atoms with Gasteiger partial charge in [-0.3, -0.25) is 4.79 Å². The van der Waals surface area contributed by atoms with E-state index in [0.29, 0.717) is 22.9 Å². The summed E-state index contributed by atoms with van der Waals surface area (Å²) in [4.78, 5) is 18.4. The Morgan fingerprint density at radius 3 is 2.56 bits per heavy atom. The molecule has 0 amide bonds. The molecule has 0 saturated heterocycles. The molecule has 0 aliphatic carbocycles. The van der Waals surface area contributed by atoms with Gasteiger partial charge in [-0.05, 0) is 55.8 Å². The van der Waals surface area contributed by atoms with Crippen molar-refractivity contribution in [1.29, 1.82) is 0 Å². The van der Waals surface area contributed by atoms with E-state index in [2.05, 4.69) is 9.97 Å². The number of halogens is 2. The third kappa shape index (κ3) is 3.49. The third-order valence-electron chi connectivity index (χ3n) is 3.57. The molecule has 0 bridgehead atoms. The minimum atomic E-state index is -0.560. The summed E-state index contributed by atoms with van der Waals surface area (Å²) in [5.41, 5.74) is 0.145. The molecule has 3 rings (SSSR count). The second-order valence-electron chi connectivity index (χ2n) is 5.51. The fourth-order valence-corrected chi connectivity index (χ4v) is 2.53. The zero-order valence-electron chi connectivity index (χ0n) is 13.4. The minimum Gasteiger partial charge on any atom is -0.508 e. The number of aryl methyl sites for hydroxylation is 2. The molecule has 0 aliphatic heterocycles. The van der Waals surface area contributed by atoms with Gasteiger partial charge < -0.3 is 14.8 Å². The molecular formula is C18H14ClFN2O3. The van der Waals surface area contributed by atoms with Crippen LogP contribution >= 0.6 is 11.6 Å². The second kappa shape index (κ2) is 6.57. The van der Waals surface area contributed by atoms with Crippen LogP contribution in [0.1, 0.15) is 11.4 Å². The van der Waals surface area contributed by atoms with E-state index in [0.717, 1.165) is 0 Å². The van der Waals surface area contributed by atoms with Crippen molar-refractivity contribution in [2.24, 2.45) is 0 Å². The van der Waals surface area contributed by atoms with Crippen LogP contribution < -0.4 is 10.3 Å². The standard InChI is InChI=1S/C18H14ClFN2O3/c1-9-7-14(20)13(17-16(19)18(24)22-10(2)21-17)8-15(9)25-12-5-3-11(23)4-6-12/h3-8,23H,1-2H3,(H,21,22,24). The number of aromatic hydroxyl groups is 1. The maximum atomic E-state index is 14.5. The SMILES string of the molecule is Cc1nc(-c2cc(Oc3ccc(O)cc3)c(C)cc2F)c(Cl)c(=O)[nH]1. The first-order valence-electron chi connectivity index (χ1n) is 7.39. The van der Waals surface area contributed by atoms with Crippen molar-refractivity contribution in [3.8, 4) is 28.5 Å². The highest BCUT2D eigenvalue weighted by Gasteiger charge is 2.17. The zero-order chi connectivity index (χ0) is 18.1. The zero-order valence-corrected chi connectivity index (χ0v) is 14.2. The summed E-state index contributed by atoms with van der Waals surface area (Å²) in [6.45, 7) is 3.28. The number of aromatic nitrogens is 2. The van der Waals surface area contributed by atoms with Gasteiger partial charge in [-0.15, -0.1) is 0 Å².